The zero-order chi connectivity index (χ0) is 14.7. The predicted octanol–water partition coefficient (Wildman–Crippen LogP) is 2.49. The quantitative estimate of drug-likeness (QED) is 0.633. The van der Waals surface area contributed by atoms with Crippen molar-refractivity contribution in [3.8, 4) is 0 Å². The van der Waals surface area contributed by atoms with Crippen LogP contribution in [0.25, 0.3) is 0 Å². The van der Waals surface area contributed by atoms with E-state index in [1.807, 2.05) is 0 Å². The van der Waals surface area contributed by atoms with Crippen molar-refractivity contribution < 1.29 is 18.7 Å². The lowest BCUT2D eigenvalue weighted by Crippen LogP contribution is -2.41. The van der Waals surface area contributed by atoms with E-state index in [0.717, 1.165) is 12.0 Å². The Labute approximate surface area is 122 Å². The van der Waals surface area contributed by atoms with Crippen LogP contribution in [0.4, 0.5) is 0 Å². The first-order valence-electron chi connectivity index (χ1n) is 6.71. The Morgan fingerprint density at radius 1 is 1.55 bits per heavy atom. The van der Waals surface area contributed by atoms with E-state index < -0.39 is 6.04 Å². The molecule has 1 unspecified atom stereocenters. The molecular formula is C14H18ClNO4. The molecule has 1 aromatic heterocycles. The van der Waals surface area contributed by atoms with Crippen molar-refractivity contribution in [1.29, 1.82) is 0 Å². The Balaban J connectivity index is 2.16. The third-order valence-electron chi connectivity index (χ3n) is 3.45. The molecule has 1 aliphatic rings. The van der Waals surface area contributed by atoms with Crippen LogP contribution in [0, 0.1) is 6.92 Å². The number of amides is 1. The van der Waals surface area contributed by atoms with Gasteiger partial charge < -0.3 is 14.1 Å². The van der Waals surface area contributed by atoms with Gasteiger partial charge in [0.25, 0.3) is 5.91 Å². The summed E-state index contributed by atoms with van der Waals surface area (Å²) in [5.74, 6) is 0.535. The highest BCUT2D eigenvalue weighted by Crippen LogP contribution is 2.24. The molecular weight excluding hydrogens is 282 g/mol. The normalized spacial score (nSPS) is 18.4. The van der Waals surface area contributed by atoms with Gasteiger partial charge in [-0.3, -0.25) is 4.79 Å². The van der Waals surface area contributed by atoms with E-state index in [9.17, 15) is 9.59 Å². The smallest absolute Gasteiger partial charge is 0.328 e. The lowest BCUT2D eigenvalue weighted by Gasteiger charge is -2.21. The van der Waals surface area contributed by atoms with Crippen LogP contribution in [-0.2, 0) is 15.4 Å². The van der Waals surface area contributed by atoms with Crippen LogP contribution in [0.2, 0.25) is 0 Å². The van der Waals surface area contributed by atoms with Crippen LogP contribution >= 0.6 is 11.6 Å². The number of esters is 1. The molecule has 1 aliphatic heterocycles. The highest BCUT2D eigenvalue weighted by Gasteiger charge is 2.36. The second-order valence-electron chi connectivity index (χ2n) is 4.73. The first-order valence-corrected chi connectivity index (χ1v) is 7.24. The zero-order valence-corrected chi connectivity index (χ0v) is 12.4. The number of ether oxygens (including phenoxy) is 1. The molecule has 0 aromatic carbocycles. The van der Waals surface area contributed by atoms with Crippen molar-refractivity contribution in [1.82, 2.24) is 4.90 Å². The molecule has 0 N–H and O–H groups in total. The minimum Gasteiger partial charge on any atom is -0.464 e. The van der Waals surface area contributed by atoms with Gasteiger partial charge in [0.2, 0.25) is 0 Å². The van der Waals surface area contributed by atoms with Crippen LogP contribution in [0.3, 0.4) is 0 Å². The Morgan fingerprint density at radius 2 is 2.30 bits per heavy atom. The molecule has 0 saturated carbocycles. The standard InChI is InChI=1S/C14H18ClNO4/c1-3-19-14(18)11-5-4-6-16(11)13(17)12-7-10(8-15)9(2)20-12/h7,11H,3-6,8H2,1-2H3. The number of hydrogen-bond donors (Lipinski definition) is 0. The molecule has 2 rings (SSSR count). The van der Waals surface area contributed by atoms with E-state index in [-0.39, 0.29) is 17.6 Å². The summed E-state index contributed by atoms with van der Waals surface area (Å²) in [7, 11) is 0. The number of rotatable bonds is 4. The van der Waals surface area contributed by atoms with Crippen molar-refractivity contribution in [2.24, 2.45) is 0 Å². The first-order chi connectivity index (χ1) is 9.58. The molecule has 0 radical (unpaired) electrons. The number of likely N-dealkylation sites (tertiary alicyclic amines) is 1. The SMILES string of the molecule is CCOC(=O)C1CCCN1C(=O)c1cc(CCl)c(C)o1. The zero-order valence-electron chi connectivity index (χ0n) is 11.6. The number of furan rings is 1. The summed E-state index contributed by atoms with van der Waals surface area (Å²) < 4.78 is 10.4. The molecule has 1 fully saturated rings. The fraction of sp³-hybridized carbons (Fsp3) is 0.571. The molecule has 0 bridgehead atoms. The van der Waals surface area contributed by atoms with E-state index in [1.165, 1.54) is 4.90 Å². The number of carbonyl (C=O) groups excluding carboxylic acids is 2. The molecule has 1 amide bonds. The van der Waals surface area contributed by atoms with Gasteiger partial charge in [-0.2, -0.15) is 0 Å². The number of carbonyl (C=O) groups is 2. The fourth-order valence-corrected chi connectivity index (χ4v) is 2.66. The first kappa shape index (κ1) is 14.9. The van der Waals surface area contributed by atoms with Gasteiger partial charge in [0.15, 0.2) is 5.76 Å². The highest BCUT2D eigenvalue weighted by atomic mass is 35.5. The number of hydrogen-bond acceptors (Lipinski definition) is 4. The van der Waals surface area contributed by atoms with Gasteiger partial charge in [0.05, 0.1) is 12.5 Å². The number of halogens is 1. The predicted molar refractivity (Wildman–Crippen MR) is 73.7 cm³/mol. The van der Waals surface area contributed by atoms with Gasteiger partial charge in [-0.1, -0.05) is 0 Å². The monoisotopic (exact) mass is 299 g/mol. The summed E-state index contributed by atoms with van der Waals surface area (Å²) in [6, 6.07) is 1.14. The molecule has 2 heterocycles. The van der Waals surface area contributed by atoms with Gasteiger partial charge in [-0.05, 0) is 32.8 Å². The van der Waals surface area contributed by atoms with Crippen LogP contribution in [0.15, 0.2) is 10.5 Å². The van der Waals surface area contributed by atoms with Gasteiger partial charge in [-0.15, -0.1) is 11.6 Å². The van der Waals surface area contributed by atoms with Crippen molar-refractivity contribution >= 4 is 23.5 Å². The Kier molecular flexibility index (Phi) is 4.70. The van der Waals surface area contributed by atoms with Gasteiger partial charge in [-0.25, -0.2) is 4.79 Å². The summed E-state index contributed by atoms with van der Waals surface area (Å²) in [5.41, 5.74) is 0.793. The lowest BCUT2D eigenvalue weighted by atomic mass is 10.2. The summed E-state index contributed by atoms with van der Waals surface area (Å²) in [6.07, 6.45) is 1.42. The molecule has 1 saturated heterocycles. The summed E-state index contributed by atoms with van der Waals surface area (Å²) >= 11 is 5.77. The van der Waals surface area contributed by atoms with E-state index in [1.54, 1.807) is 19.9 Å². The fourth-order valence-electron chi connectivity index (χ4n) is 2.39. The molecule has 0 spiro atoms. The summed E-state index contributed by atoms with van der Waals surface area (Å²) in [5, 5.41) is 0. The number of nitrogens with zero attached hydrogens (tertiary/aromatic N) is 1. The maximum Gasteiger partial charge on any atom is 0.328 e. The van der Waals surface area contributed by atoms with Crippen LogP contribution < -0.4 is 0 Å². The van der Waals surface area contributed by atoms with E-state index in [2.05, 4.69) is 0 Å². The number of aryl methyl sites for hydroxylation is 1. The number of alkyl halides is 1. The van der Waals surface area contributed by atoms with Crippen molar-refractivity contribution in [3.63, 3.8) is 0 Å². The Bertz CT molecular complexity index is 511. The molecule has 1 atom stereocenters. The average molecular weight is 300 g/mol. The summed E-state index contributed by atoms with van der Waals surface area (Å²) in [6.45, 7) is 4.37. The Hall–Kier alpha value is -1.49. The molecule has 0 aliphatic carbocycles. The lowest BCUT2D eigenvalue weighted by molar-refractivity contribution is -0.147. The molecule has 5 nitrogen and oxygen atoms in total. The Morgan fingerprint density at radius 3 is 2.90 bits per heavy atom. The highest BCUT2D eigenvalue weighted by molar-refractivity contribution is 6.17. The average Bonchev–Trinajstić information content (AvgIpc) is 3.04. The maximum absolute atomic E-state index is 12.4. The van der Waals surface area contributed by atoms with E-state index in [4.69, 9.17) is 20.8 Å². The largest absolute Gasteiger partial charge is 0.464 e. The van der Waals surface area contributed by atoms with Gasteiger partial charge >= 0.3 is 5.97 Å². The topological polar surface area (TPSA) is 59.8 Å². The maximum atomic E-state index is 12.4. The van der Waals surface area contributed by atoms with Crippen LogP contribution in [0.5, 0.6) is 0 Å². The second kappa shape index (κ2) is 6.31. The third kappa shape index (κ3) is 2.82. The van der Waals surface area contributed by atoms with Gasteiger partial charge in [0, 0.05) is 12.1 Å². The van der Waals surface area contributed by atoms with E-state index in [0.29, 0.717) is 31.2 Å². The van der Waals surface area contributed by atoms with Crippen molar-refractivity contribution in [2.45, 2.75) is 38.6 Å². The molecule has 1 aromatic rings. The molecule has 20 heavy (non-hydrogen) atoms. The van der Waals surface area contributed by atoms with Crippen molar-refractivity contribution in [2.75, 3.05) is 13.2 Å². The second-order valence-corrected chi connectivity index (χ2v) is 5.00. The van der Waals surface area contributed by atoms with Crippen molar-refractivity contribution in [3.05, 3.63) is 23.2 Å². The van der Waals surface area contributed by atoms with Crippen LogP contribution in [-0.4, -0.2) is 36.0 Å². The third-order valence-corrected chi connectivity index (χ3v) is 3.74. The molecule has 6 heteroatoms. The molecule has 110 valence electrons. The summed E-state index contributed by atoms with van der Waals surface area (Å²) in [4.78, 5) is 25.8. The minimum atomic E-state index is -0.507. The van der Waals surface area contributed by atoms with Crippen LogP contribution in [0.1, 0.15) is 41.6 Å². The van der Waals surface area contributed by atoms with E-state index >= 15 is 0 Å². The minimum absolute atomic E-state index is 0.231. The van der Waals surface area contributed by atoms with Gasteiger partial charge in [0.1, 0.15) is 11.8 Å².